The third-order valence-corrected chi connectivity index (χ3v) is 9.74. The van der Waals surface area contributed by atoms with Gasteiger partial charge >= 0.3 is 5.97 Å². The number of anilines is 1. The Bertz CT molecular complexity index is 887. The molecule has 3 saturated heterocycles. The summed E-state index contributed by atoms with van der Waals surface area (Å²) in [5.74, 6) is -2.11. The predicted octanol–water partition coefficient (Wildman–Crippen LogP) is 2.69. The summed E-state index contributed by atoms with van der Waals surface area (Å²) in [5, 5.41) is 12.7. The summed E-state index contributed by atoms with van der Waals surface area (Å²) in [7, 11) is 0. The average molecular weight is 532 g/mol. The van der Waals surface area contributed by atoms with E-state index in [2.05, 4.69) is 21.2 Å². The fraction of sp³-hybridized carbons (Fsp3) is 0.571. The monoisotopic (exact) mass is 530 g/mol. The van der Waals surface area contributed by atoms with Crippen LogP contribution in [0.15, 0.2) is 24.3 Å². The van der Waals surface area contributed by atoms with Crippen LogP contribution in [0.2, 0.25) is 5.02 Å². The normalized spacial score (nSPS) is 33.5. The minimum Gasteiger partial charge on any atom is -0.466 e. The van der Waals surface area contributed by atoms with Crippen LogP contribution in [0, 0.1) is 11.8 Å². The molecule has 1 aromatic rings. The number of esters is 1. The first kappa shape index (κ1) is 22.9. The highest BCUT2D eigenvalue weighted by molar-refractivity contribution is 9.09. The third kappa shape index (κ3) is 3.77. The van der Waals surface area contributed by atoms with Gasteiger partial charge in [-0.25, -0.2) is 0 Å². The van der Waals surface area contributed by atoms with Gasteiger partial charge in [0.1, 0.15) is 6.04 Å². The smallest absolute Gasteiger partial charge is 0.310 e. The number of likely N-dealkylation sites (tertiary alicyclic amines) is 1. The van der Waals surface area contributed by atoms with E-state index in [1.54, 1.807) is 47.9 Å². The molecule has 3 aliphatic rings. The maximum Gasteiger partial charge on any atom is 0.310 e. The Balaban J connectivity index is 1.70. The highest BCUT2D eigenvalue weighted by atomic mass is 79.9. The van der Waals surface area contributed by atoms with Crippen molar-refractivity contribution in [2.45, 2.75) is 40.6 Å². The number of nitrogens with zero attached hydrogens (tertiary/aromatic N) is 1. The molecule has 2 N–H and O–H groups in total. The summed E-state index contributed by atoms with van der Waals surface area (Å²) in [4.78, 5) is 41.4. The van der Waals surface area contributed by atoms with Crippen LogP contribution in [0.25, 0.3) is 0 Å². The lowest BCUT2D eigenvalue weighted by Crippen LogP contribution is -2.52. The zero-order chi connectivity index (χ0) is 22.3. The topological polar surface area (TPSA) is 95.9 Å². The Morgan fingerprint density at radius 3 is 2.74 bits per heavy atom. The van der Waals surface area contributed by atoms with Crippen LogP contribution in [-0.2, 0) is 19.1 Å². The van der Waals surface area contributed by atoms with Gasteiger partial charge in [0.2, 0.25) is 11.8 Å². The van der Waals surface area contributed by atoms with Crippen molar-refractivity contribution in [2.24, 2.45) is 11.8 Å². The van der Waals surface area contributed by atoms with Gasteiger partial charge in [0.05, 0.1) is 23.2 Å². The standard InChI is InChI=1S/C21H24BrClN2O5S/c1-2-30-20(29)14-15-19(28)25(8-3-9-26)17(21(15)10-13(22)16(14)31-21)18(27)24-12-6-4-11(23)5-7-12/h4-7,13-17,26H,2-3,8-10H2,1H3,(H,24,27)/t13?,14-,15-,16-,17?,21?/m0/s1. The van der Waals surface area contributed by atoms with Crippen LogP contribution in [0.1, 0.15) is 19.8 Å². The molecule has 3 fully saturated rings. The van der Waals surface area contributed by atoms with E-state index in [9.17, 15) is 19.5 Å². The first-order valence-corrected chi connectivity index (χ1v) is 12.5. The van der Waals surface area contributed by atoms with Crippen molar-refractivity contribution in [1.29, 1.82) is 0 Å². The molecule has 2 amide bonds. The average Bonchev–Trinajstić information content (AvgIpc) is 3.32. The molecule has 0 saturated carbocycles. The lowest BCUT2D eigenvalue weighted by atomic mass is 9.71. The largest absolute Gasteiger partial charge is 0.466 e. The van der Waals surface area contributed by atoms with E-state index in [4.69, 9.17) is 16.3 Å². The summed E-state index contributed by atoms with van der Waals surface area (Å²) in [6.07, 6.45) is 0.956. The molecule has 2 bridgehead atoms. The van der Waals surface area contributed by atoms with Gasteiger partial charge in [-0.3, -0.25) is 14.4 Å². The number of halogens is 2. The number of aliphatic hydroxyl groups excluding tert-OH is 1. The van der Waals surface area contributed by atoms with E-state index in [0.29, 0.717) is 23.6 Å². The van der Waals surface area contributed by atoms with Gasteiger partial charge in [0, 0.05) is 33.9 Å². The SMILES string of the molecule is CCOC(=O)[C@H]1[C@H]2C(=O)N(CCCO)C(C(=O)Nc3ccc(Cl)cc3)C23CC(Br)[C@@H]1S3. The number of thioether (sulfide) groups is 1. The number of benzene rings is 1. The molecule has 0 aromatic heterocycles. The Kier molecular flexibility index (Phi) is 6.59. The number of alkyl halides is 1. The van der Waals surface area contributed by atoms with E-state index >= 15 is 0 Å². The summed E-state index contributed by atoms with van der Waals surface area (Å²) in [5.41, 5.74) is 0.582. The number of rotatable bonds is 7. The molecule has 0 aliphatic carbocycles. The Morgan fingerprint density at radius 2 is 2.10 bits per heavy atom. The number of hydrogen-bond acceptors (Lipinski definition) is 6. The third-order valence-electron chi connectivity index (χ3n) is 6.27. The van der Waals surface area contributed by atoms with Crippen LogP contribution >= 0.6 is 39.3 Å². The van der Waals surface area contributed by atoms with Gasteiger partial charge in [-0.05, 0) is 44.0 Å². The van der Waals surface area contributed by atoms with Gasteiger partial charge < -0.3 is 20.1 Å². The second-order valence-corrected chi connectivity index (χ2v) is 11.2. The molecule has 7 nitrogen and oxygen atoms in total. The minimum atomic E-state index is -0.748. The lowest BCUT2D eigenvalue weighted by molar-refractivity contribution is -0.153. The van der Waals surface area contributed by atoms with E-state index in [-0.39, 0.29) is 47.6 Å². The summed E-state index contributed by atoms with van der Waals surface area (Å²) in [6.45, 7) is 2.14. The number of amides is 2. The molecule has 6 atom stereocenters. The van der Waals surface area contributed by atoms with Crippen molar-refractivity contribution < 1.29 is 24.2 Å². The molecule has 3 unspecified atom stereocenters. The van der Waals surface area contributed by atoms with Crippen LogP contribution < -0.4 is 5.32 Å². The summed E-state index contributed by atoms with van der Waals surface area (Å²) < 4.78 is 4.58. The maximum atomic E-state index is 13.5. The van der Waals surface area contributed by atoms with Crippen LogP contribution in [0.3, 0.4) is 0 Å². The molecule has 3 heterocycles. The maximum absolute atomic E-state index is 13.5. The van der Waals surface area contributed by atoms with Crippen LogP contribution in [0.5, 0.6) is 0 Å². The van der Waals surface area contributed by atoms with Crippen molar-refractivity contribution in [2.75, 3.05) is 25.1 Å². The summed E-state index contributed by atoms with van der Waals surface area (Å²) in [6, 6.07) is 6.03. The fourth-order valence-electron chi connectivity index (χ4n) is 5.16. The second kappa shape index (κ2) is 8.92. The highest BCUT2D eigenvalue weighted by Gasteiger charge is 2.75. The number of carbonyl (C=O) groups is 3. The van der Waals surface area contributed by atoms with Gasteiger partial charge in [0.15, 0.2) is 0 Å². The summed E-state index contributed by atoms with van der Waals surface area (Å²) >= 11 is 11.2. The first-order valence-electron chi connectivity index (χ1n) is 10.3. The zero-order valence-corrected chi connectivity index (χ0v) is 20.1. The number of ether oxygens (including phenoxy) is 1. The second-order valence-electron chi connectivity index (χ2n) is 8.02. The highest BCUT2D eigenvalue weighted by Crippen LogP contribution is 2.67. The van der Waals surface area contributed by atoms with Crippen molar-refractivity contribution in [1.82, 2.24) is 4.90 Å². The molecule has 1 aromatic carbocycles. The van der Waals surface area contributed by atoms with Gasteiger partial charge in [-0.15, -0.1) is 11.8 Å². The van der Waals surface area contributed by atoms with Crippen molar-refractivity contribution in [3.8, 4) is 0 Å². The zero-order valence-electron chi connectivity index (χ0n) is 16.9. The quantitative estimate of drug-likeness (QED) is 0.415. The molecule has 3 aliphatic heterocycles. The number of carbonyl (C=O) groups excluding carboxylic acids is 3. The molecule has 168 valence electrons. The fourth-order valence-corrected chi connectivity index (χ4v) is 8.89. The Labute approximate surface area is 198 Å². The van der Waals surface area contributed by atoms with Gasteiger partial charge in [-0.2, -0.15) is 0 Å². The van der Waals surface area contributed by atoms with Crippen LogP contribution in [0.4, 0.5) is 5.69 Å². The Hall–Kier alpha value is -1.29. The van der Waals surface area contributed by atoms with Crippen LogP contribution in [-0.4, -0.2) is 68.4 Å². The Morgan fingerprint density at radius 1 is 1.39 bits per heavy atom. The molecule has 0 radical (unpaired) electrons. The molecule has 1 spiro atoms. The minimum absolute atomic E-state index is 0.000389. The first-order chi connectivity index (χ1) is 14.8. The van der Waals surface area contributed by atoms with E-state index in [1.165, 1.54) is 0 Å². The van der Waals surface area contributed by atoms with E-state index in [1.807, 2.05) is 0 Å². The van der Waals surface area contributed by atoms with E-state index < -0.39 is 22.6 Å². The molecular formula is C21H24BrClN2O5S. The molecule has 4 rings (SSSR count). The lowest BCUT2D eigenvalue weighted by Gasteiger charge is -2.35. The predicted molar refractivity (Wildman–Crippen MR) is 122 cm³/mol. The number of fused-ring (bicyclic) bond motifs is 1. The molecular weight excluding hydrogens is 508 g/mol. The molecule has 31 heavy (non-hydrogen) atoms. The number of hydrogen-bond donors (Lipinski definition) is 2. The van der Waals surface area contributed by atoms with Gasteiger partial charge in [-0.1, -0.05) is 27.5 Å². The van der Waals surface area contributed by atoms with Crippen molar-refractivity contribution >= 4 is 62.8 Å². The van der Waals surface area contributed by atoms with E-state index in [0.717, 1.165) is 0 Å². The van der Waals surface area contributed by atoms with Crippen molar-refractivity contribution in [3.05, 3.63) is 29.3 Å². The number of aliphatic hydroxyl groups is 1. The van der Waals surface area contributed by atoms with Gasteiger partial charge in [0.25, 0.3) is 0 Å². The number of nitrogens with one attached hydrogen (secondary N) is 1. The molecule has 10 heteroatoms. The van der Waals surface area contributed by atoms with Crippen molar-refractivity contribution in [3.63, 3.8) is 0 Å².